The maximum atomic E-state index is 5.63. The number of nitrogens with one attached hydrogen (secondary N) is 1. The van der Waals surface area contributed by atoms with Crippen molar-refractivity contribution < 1.29 is 4.74 Å². The molecular weight excluding hydrogens is 342 g/mol. The number of rotatable bonds is 5. The van der Waals surface area contributed by atoms with Crippen LogP contribution in [0.15, 0.2) is 97.1 Å². The molecule has 0 aromatic heterocycles. The zero-order valence-electron chi connectivity index (χ0n) is 16.1. The average molecular weight is 365 g/mol. The lowest BCUT2D eigenvalue weighted by Gasteiger charge is -2.16. The number of benzene rings is 4. The molecule has 0 bridgehead atoms. The third kappa shape index (κ3) is 3.63. The van der Waals surface area contributed by atoms with Crippen molar-refractivity contribution in [3.05, 3.63) is 103 Å². The van der Waals surface area contributed by atoms with Gasteiger partial charge in [-0.15, -0.1) is 0 Å². The van der Waals surface area contributed by atoms with Gasteiger partial charge in [0, 0.05) is 22.5 Å². The van der Waals surface area contributed by atoms with Gasteiger partial charge >= 0.3 is 0 Å². The maximum Gasteiger partial charge on any atom is 0.126 e. The highest BCUT2D eigenvalue weighted by molar-refractivity contribution is 5.83. The first-order chi connectivity index (χ1) is 13.8. The Kier molecular flexibility index (Phi) is 5.11. The van der Waals surface area contributed by atoms with Gasteiger partial charge in [-0.3, -0.25) is 0 Å². The first-order valence-corrected chi connectivity index (χ1v) is 9.42. The summed E-state index contributed by atoms with van der Waals surface area (Å²) in [4.78, 5) is 0. The van der Waals surface area contributed by atoms with E-state index >= 15 is 0 Å². The van der Waals surface area contributed by atoms with Crippen LogP contribution in [0.5, 0.6) is 5.75 Å². The van der Waals surface area contributed by atoms with E-state index in [4.69, 9.17) is 4.74 Å². The third-order valence-corrected chi connectivity index (χ3v) is 4.93. The van der Waals surface area contributed by atoms with Crippen LogP contribution in [0.1, 0.15) is 5.56 Å². The van der Waals surface area contributed by atoms with Crippen LogP contribution in [0.4, 0.5) is 11.4 Å². The summed E-state index contributed by atoms with van der Waals surface area (Å²) < 4.78 is 5.63. The van der Waals surface area contributed by atoms with Crippen molar-refractivity contribution in [2.24, 2.45) is 0 Å². The normalized spacial score (nSPS) is 10.5. The smallest absolute Gasteiger partial charge is 0.126 e. The largest absolute Gasteiger partial charge is 0.496 e. The van der Waals surface area contributed by atoms with Crippen molar-refractivity contribution in [3.63, 3.8) is 0 Å². The summed E-state index contributed by atoms with van der Waals surface area (Å²) in [5.74, 6) is 0.871. The van der Waals surface area contributed by atoms with Gasteiger partial charge in [-0.05, 0) is 47.9 Å². The van der Waals surface area contributed by atoms with Gasteiger partial charge in [-0.25, -0.2) is 0 Å². The van der Waals surface area contributed by atoms with Gasteiger partial charge in [-0.1, -0.05) is 72.8 Å². The molecule has 0 aliphatic carbocycles. The van der Waals surface area contributed by atoms with E-state index in [2.05, 4.69) is 97.2 Å². The molecule has 0 fully saturated rings. The molecule has 0 heterocycles. The maximum absolute atomic E-state index is 5.63. The Balaban J connectivity index is 1.75. The molecule has 0 aliphatic heterocycles. The van der Waals surface area contributed by atoms with Crippen LogP contribution < -0.4 is 10.1 Å². The minimum atomic E-state index is 0.871. The predicted octanol–water partition coefficient (Wildman–Crippen LogP) is 7.08. The second-order valence-electron chi connectivity index (χ2n) is 6.77. The molecule has 2 nitrogen and oxygen atoms in total. The minimum Gasteiger partial charge on any atom is -0.496 e. The fourth-order valence-corrected chi connectivity index (χ4v) is 3.49. The van der Waals surface area contributed by atoms with E-state index in [1.807, 2.05) is 12.1 Å². The molecule has 138 valence electrons. The Labute approximate surface area is 166 Å². The number of methoxy groups -OCH3 is 1. The summed E-state index contributed by atoms with van der Waals surface area (Å²) in [7, 11) is 1.72. The van der Waals surface area contributed by atoms with Gasteiger partial charge in [0.15, 0.2) is 0 Å². The van der Waals surface area contributed by atoms with Gasteiger partial charge in [-0.2, -0.15) is 0 Å². The molecule has 2 heteroatoms. The van der Waals surface area contributed by atoms with E-state index in [0.29, 0.717) is 0 Å². The lowest BCUT2D eigenvalue weighted by molar-refractivity contribution is 0.416. The quantitative estimate of drug-likeness (QED) is 0.408. The lowest BCUT2D eigenvalue weighted by atomic mass is 9.99. The number of hydrogen-bond donors (Lipinski definition) is 1. The minimum absolute atomic E-state index is 0.871. The summed E-state index contributed by atoms with van der Waals surface area (Å²) in [6, 6.07) is 33.4. The molecule has 4 aromatic carbocycles. The number of hydrogen-bond acceptors (Lipinski definition) is 2. The van der Waals surface area contributed by atoms with Crippen molar-refractivity contribution in [1.29, 1.82) is 0 Å². The third-order valence-electron chi connectivity index (χ3n) is 4.93. The fraction of sp³-hybridized carbons (Fsp3) is 0.0769. The average Bonchev–Trinajstić information content (AvgIpc) is 2.75. The van der Waals surface area contributed by atoms with Crippen LogP contribution in [0.2, 0.25) is 0 Å². The summed E-state index contributed by atoms with van der Waals surface area (Å²) >= 11 is 0. The zero-order chi connectivity index (χ0) is 19.3. The van der Waals surface area contributed by atoms with E-state index in [-0.39, 0.29) is 0 Å². The molecule has 0 saturated heterocycles. The van der Waals surface area contributed by atoms with Gasteiger partial charge in [0.25, 0.3) is 0 Å². The molecule has 0 aliphatic rings. The van der Waals surface area contributed by atoms with E-state index in [1.165, 1.54) is 22.3 Å². The Morgan fingerprint density at radius 2 is 1.32 bits per heavy atom. The zero-order valence-corrected chi connectivity index (χ0v) is 16.1. The van der Waals surface area contributed by atoms with Crippen LogP contribution in [-0.4, -0.2) is 7.11 Å². The first-order valence-electron chi connectivity index (χ1n) is 9.42. The number of aryl methyl sites for hydroxylation is 1. The second kappa shape index (κ2) is 8.01. The number of anilines is 2. The highest BCUT2D eigenvalue weighted by Gasteiger charge is 2.11. The van der Waals surface area contributed by atoms with Crippen LogP contribution in [0.3, 0.4) is 0 Å². The van der Waals surface area contributed by atoms with E-state index in [1.54, 1.807) is 7.11 Å². The summed E-state index contributed by atoms with van der Waals surface area (Å²) in [6.07, 6.45) is 0. The van der Waals surface area contributed by atoms with Crippen molar-refractivity contribution >= 4 is 11.4 Å². The molecule has 0 amide bonds. The summed E-state index contributed by atoms with van der Waals surface area (Å²) in [5.41, 5.74) is 7.97. The molecule has 0 saturated carbocycles. The highest BCUT2D eigenvalue weighted by Crippen LogP contribution is 2.36. The molecule has 4 aromatic rings. The van der Waals surface area contributed by atoms with Gasteiger partial charge < -0.3 is 10.1 Å². The number of para-hydroxylation sites is 1. The topological polar surface area (TPSA) is 21.3 Å². The summed E-state index contributed by atoms with van der Waals surface area (Å²) in [6.45, 7) is 2.12. The monoisotopic (exact) mass is 365 g/mol. The predicted molar refractivity (Wildman–Crippen MR) is 118 cm³/mol. The Morgan fingerprint density at radius 1 is 0.643 bits per heavy atom. The summed E-state index contributed by atoms with van der Waals surface area (Å²) in [5, 5.41) is 3.60. The highest BCUT2D eigenvalue weighted by atomic mass is 16.5. The van der Waals surface area contributed by atoms with Crippen LogP contribution in [0, 0.1) is 6.92 Å². The van der Waals surface area contributed by atoms with Gasteiger partial charge in [0.1, 0.15) is 5.75 Å². The van der Waals surface area contributed by atoms with Crippen molar-refractivity contribution in [3.8, 4) is 28.0 Å². The van der Waals surface area contributed by atoms with Gasteiger partial charge in [0.05, 0.1) is 7.11 Å². The van der Waals surface area contributed by atoms with Crippen molar-refractivity contribution in [1.82, 2.24) is 0 Å². The van der Waals surface area contributed by atoms with E-state index in [0.717, 1.165) is 22.7 Å². The van der Waals surface area contributed by atoms with Crippen molar-refractivity contribution in [2.45, 2.75) is 6.92 Å². The van der Waals surface area contributed by atoms with E-state index in [9.17, 15) is 0 Å². The molecule has 0 unspecified atom stereocenters. The molecule has 28 heavy (non-hydrogen) atoms. The van der Waals surface area contributed by atoms with Crippen LogP contribution in [0.25, 0.3) is 22.3 Å². The molecule has 0 radical (unpaired) electrons. The Hall–Kier alpha value is -3.52. The molecule has 4 rings (SSSR count). The fourth-order valence-electron chi connectivity index (χ4n) is 3.49. The molecule has 1 N–H and O–H groups in total. The van der Waals surface area contributed by atoms with Crippen LogP contribution in [-0.2, 0) is 0 Å². The van der Waals surface area contributed by atoms with Crippen molar-refractivity contribution in [2.75, 3.05) is 12.4 Å². The first kappa shape index (κ1) is 17.9. The molecule has 0 atom stereocenters. The van der Waals surface area contributed by atoms with E-state index < -0.39 is 0 Å². The molecular formula is C26H23NO. The Bertz CT molecular complexity index is 1090. The molecule has 0 spiro atoms. The SMILES string of the molecule is COc1ccc(Nc2ccccc2-c2ccccc2)cc1-c1ccccc1C. The van der Waals surface area contributed by atoms with Gasteiger partial charge in [0.2, 0.25) is 0 Å². The Morgan fingerprint density at radius 3 is 2.07 bits per heavy atom. The second-order valence-corrected chi connectivity index (χ2v) is 6.77. The number of ether oxygens (including phenoxy) is 1. The lowest BCUT2D eigenvalue weighted by Crippen LogP contribution is -1.96. The van der Waals surface area contributed by atoms with Crippen LogP contribution >= 0.6 is 0 Å². The standard InChI is InChI=1S/C26H23NO/c1-19-10-6-7-13-22(19)24-18-21(16-17-26(24)28-2)27-25-15-9-8-14-23(25)20-11-4-3-5-12-20/h3-18,27H,1-2H3.